The predicted octanol–water partition coefficient (Wildman–Crippen LogP) is 4.49. The van der Waals surface area contributed by atoms with Crippen LogP contribution in [0.2, 0.25) is 0 Å². The van der Waals surface area contributed by atoms with Crippen LogP contribution < -0.4 is 0 Å². The number of aromatic nitrogens is 1. The van der Waals surface area contributed by atoms with Crippen molar-refractivity contribution in [3.63, 3.8) is 0 Å². The number of nitrogens with one attached hydrogen (secondary N) is 1. The summed E-state index contributed by atoms with van der Waals surface area (Å²) < 4.78 is 13.8. The Kier molecular flexibility index (Phi) is 2.67. The molecule has 0 bridgehead atoms. The summed E-state index contributed by atoms with van der Waals surface area (Å²) in [5, 5.41) is 0.901. The molecular formula is C18H14FNO. The number of ketones is 1. The van der Waals surface area contributed by atoms with Gasteiger partial charge >= 0.3 is 0 Å². The number of hydrogen-bond acceptors (Lipinski definition) is 1. The third-order valence-electron chi connectivity index (χ3n) is 4.16. The summed E-state index contributed by atoms with van der Waals surface area (Å²) in [5.74, 6) is -0.322. The van der Waals surface area contributed by atoms with E-state index in [1.54, 1.807) is 0 Å². The highest BCUT2D eigenvalue weighted by molar-refractivity contribution is 6.11. The second-order valence-electron chi connectivity index (χ2n) is 5.50. The maximum atomic E-state index is 13.8. The lowest BCUT2D eigenvalue weighted by molar-refractivity contribution is 0.0982. The summed E-state index contributed by atoms with van der Waals surface area (Å²) in [6.45, 7) is 0. The van der Waals surface area contributed by atoms with Gasteiger partial charge in [0.15, 0.2) is 5.78 Å². The van der Waals surface area contributed by atoms with Crippen molar-refractivity contribution in [3.05, 3.63) is 59.4 Å². The first-order chi connectivity index (χ1) is 10.2. The Morgan fingerprint density at radius 1 is 1.05 bits per heavy atom. The highest BCUT2D eigenvalue weighted by atomic mass is 19.1. The zero-order valence-electron chi connectivity index (χ0n) is 11.4. The number of aryl methyl sites for hydroxylation is 1. The van der Waals surface area contributed by atoms with E-state index in [4.69, 9.17) is 0 Å². The van der Waals surface area contributed by atoms with Crippen LogP contribution in [0, 0.1) is 5.82 Å². The normalized spacial score (nSPS) is 14.4. The van der Waals surface area contributed by atoms with Crippen molar-refractivity contribution in [2.24, 2.45) is 0 Å². The zero-order valence-corrected chi connectivity index (χ0v) is 11.4. The molecule has 0 amide bonds. The van der Waals surface area contributed by atoms with E-state index in [-0.39, 0.29) is 11.6 Å². The van der Waals surface area contributed by atoms with Crippen LogP contribution in [0.1, 0.15) is 28.8 Å². The number of hydrogen-bond donors (Lipinski definition) is 1. The van der Waals surface area contributed by atoms with Crippen LogP contribution in [-0.4, -0.2) is 10.8 Å². The summed E-state index contributed by atoms with van der Waals surface area (Å²) in [5.41, 5.74) is 4.46. The Morgan fingerprint density at radius 2 is 1.86 bits per heavy atom. The summed E-state index contributed by atoms with van der Waals surface area (Å²) in [6.07, 6.45) is 2.14. The van der Waals surface area contributed by atoms with E-state index in [0.29, 0.717) is 17.5 Å². The van der Waals surface area contributed by atoms with Crippen LogP contribution in [0.15, 0.2) is 42.5 Å². The van der Waals surface area contributed by atoms with E-state index in [9.17, 15) is 9.18 Å². The number of H-pyrrole nitrogens is 1. The Hall–Kier alpha value is -2.42. The van der Waals surface area contributed by atoms with Crippen LogP contribution in [0.4, 0.5) is 4.39 Å². The van der Waals surface area contributed by atoms with Crippen LogP contribution in [-0.2, 0) is 6.42 Å². The molecular weight excluding hydrogens is 265 g/mol. The summed E-state index contributed by atoms with van der Waals surface area (Å²) in [6, 6.07) is 12.9. The molecule has 0 saturated carbocycles. The number of aromatic amines is 1. The Morgan fingerprint density at radius 3 is 2.67 bits per heavy atom. The molecule has 0 unspecified atom stereocenters. The van der Waals surface area contributed by atoms with Gasteiger partial charge in [-0.05, 0) is 36.1 Å². The summed E-state index contributed by atoms with van der Waals surface area (Å²) in [4.78, 5) is 15.5. The van der Waals surface area contributed by atoms with Gasteiger partial charge in [0.25, 0.3) is 0 Å². The predicted molar refractivity (Wildman–Crippen MR) is 81.0 cm³/mol. The van der Waals surface area contributed by atoms with E-state index >= 15 is 0 Å². The molecule has 0 atom stereocenters. The van der Waals surface area contributed by atoms with Crippen molar-refractivity contribution in [2.75, 3.05) is 0 Å². The first kappa shape index (κ1) is 12.3. The Bertz CT molecular complexity index is 849. The number of carbonyl (C=O) groups excluding carboxylic acids is 1. The third-order valence-corrected chi connectivity index (χ3v) is 4.16. The molecule has 0 aliphatic heterocycles. The fraction of sp³-hybridized carbons (Fsp3) is 0.167. The molecule has 0 saturated heterocycles. The van der Waals surface area contributed by atoms with Crippen molar-refractivity contribution in [1.29, 1.82) is 0 Å². The van der Waals surface area contributed by atoms with E-state index in [1.807, 2.05) is 30.3 Å². The molecule has 1 aliphatic carbocycles. The molecule has 0 spiro atoms. The number of benzene rings is 2. The maximum Gasteiger partial charge on any atom is 0.163 e. The molecule has 3 heteroatoms. The SMILES string of the molecule is O=C1CCCc2c(-c3ccccc3)[nH]c3cc(F)cc1c23. The van der Waals surface area contributed by atoms with Crippen molar-refractivity contribution in [3.8, 4) is 11.3 Å². The molecule has 2 nitrogen and oxygen atoms in total. The molecule has 0 radical (unpaired) electrons. The number of Topliss-reactive ketones (excluding diaryl/α,β-unsaturated/α-hetero) is 1. The molecule has 1 aromatic heterocycles. The molecule has 21 heavy (non-hydrogen) atoms. The third kappa shape index (κ3) is 1.88. The first-order valence-electron chi connectivity index (χ1n) is 7.17. The monoisotopic (exact) mass is 279 g/mol. The fourth-order valence-corrected chi connectivity index (χ4v) is 3.25. The summed E-state index contributed by atoms with van der Waals surface area (Å²) in [7, 11) is 0. The van der Waals surface area contributed by atoms with Gasteiger partial charge in [0.1, 0.15) is 5.82 Å². The van der Waals surface area contributed by atoms with Gasteiger partial charge in [-0.15, -0.1) is 0 Å². The Labute approximate surface area is 121 Å². The van der Waals surface area contributed by atoms with Crippen LogP contribution in [0.25, 0.3) is 22.2 Å². The standard InChI is InChI=1S/C18H14FNO/c19-12-9-14-16(21)8-4-7-13-17(14)15(10-12)20-18(13)11-5-2-1-3-6-11/h1-3,5-6,9-10,20H,4,7-8H2. The molecule has 1 heterocycles. The lowest BCUT2D eigenvalue weighted by Gasteiger charge is -2.03. The second-order valence-corrected chi connectivity index (χ2v) is 5.50. The van der Waals surface area contributed by atoms with Crippen molar-refractivity contribution in [2.45, 2.75) is 19.3 Å². The topological polar surface area (TPSA) is 32.9 Å². The molecule has 3 aromatic rings. The lowest BCUT2D eigenvalue weighted by Crippen LogP contribution is -1.98. The van der Waals surface area contributed by atoms with Crippen molar-refractivity contribution in [1.82, 2.24) is 4.98 Å². The van der Waals surface area contributed by atoms with Gasteiger partial charge in [0.05, 0.1) is 0 Å². The number of rotatable bonds is 1. The molecule has 1 N–H and O–H groups in total. The minimum absolute atomic E-state index is 0.0388. The van der Waals surface area contributed by atoms with E-state index in [2.05, 4.69) is 4.98 Å². The molecule has 1 aliphatic rings. The van der Waals surface area contributed by atoms with Crippen LogP contribution >= 0.6 is 0 Å². The molecule has 2 aromatic carbocycles. The quantitative estimate of drug-likeness (QED) is 0.699. The second kappa shape index (κ2) is 4.55. The zero-order chi connectivity index (χ0) is 14.4. The number of carbonyl (C=O) groups is 1. The minimum Gasteiger partial charge on any atom is -0.354 e. The average Bonchev–Trinajstić information content (AvgIpc) is 2.76. The smallest absolute Gasteiger partial charge is 0.163 e. The average molecular weight is 279 g/mol. The van der Waals surface area contributed by atoms with Gasteiger partial charge in [-0.2, -0.15) is 0 Å². The van der Waals surface area contributed by atoms with E-state index in [0.717, 1.165) is 35.0 Å². The van der Waals surface area contributed by atoms with Gasteiger partial charge in [0.2, 0.25) is 0 Å². The summed E-state index contributed by atoms with van der Waals surface area (Å²) >= 11 is 0. The number of halogens is 1. The van der Waals surface area contributed by atoms with E-state index < -0.39 is 0 Å². The minimum atomic E-state index is -0.361. The van der Waals surface area contributed by atoms with E-state index in [1.165, 1.54) is 12.1 Å². The van der Waals surface area contributed by atoms with Gasteiger partial charge < -0.3 is 4.98 Å². The molecule has 0 fully saturated rings. The van der Waals surface area contributed by atoms with Crippen LogP contribution in [0.3, 0.4) is 0 Å². The van der Waals surface area contributed by atoms with Crippen LogP contribution in [0.5, 0.6) is 0 Å². The Balaban J connectivity index is 2.09. The van der Waals surface area contributed by atoms with Gasteiger partial charge in [-0.3, -0.25) is 4.79 Å². The van der Waals surface area contributed by atoms with Gasteiger partial charge in [0, 0.05) is 28.6 Å². The molecule has 4 rings (SSSR count). The van der Waals surface area contributed by atoms with Gasteiger partial charge in [-0.1, -0.05) is 30.3 Å². The molecule has 104 valence electrons. The maximum absolute atomic E-state index is 13.8. The fourth-order valence-electron chi connectivity index (χ4n) is 3.25. The highest BCUT2D eigenvalue weighted by Gasteiger charge is 2.23. The highest BCUT2D eigenvalue weighted by Crippen LogP contribution is 2.36. The lowest BCUT2D eigenvalue weighted by atomic mass is 10.0. The largest absolute Gasteiger partial charge is 0.354 e. The van der Waals surface area contributed by atoms with Crippen molar-refractivity contribution >= 4 is 16.7 Å². The van der Waals surface area contributed by atoms with Gasteiger partial charge in [-0.25, -0.2) is 4.39 Å². The first-order valence-corrected chi connectivity index (χ1v) is 7.17. The van der Waals surface area contributed by atoms with Crippen molar-refractivity contribution < 1.29 is 9.18 Å².